The maximum atomic E-state index is 16.0. The minimum absolute atomic E-state index is 0.127. The summed E-state index contributed by atoms with van der Waals surface area (Å²) in [5.41, 5.74) is 4.12. The van der Waals surface area contributed by atoms with E-state index < -0.39 is 30.1 Å². The van der Waals surface area contributed by atoms with Crippen molar-refractivity contribution >= 4 is 45.8 Å². The van der Waals surface area contributed by atoms with Gasteiger partial charge >= 0.3 is 12.2 Å². The topological polar surface area (TPSA) is 175 Å². The molecule has 14 nitrogen and oxygen atoms in total. The Hall–Kier alpha value is -5.99. The van der Waals surface area contributed by atoms with Crippen LogP contribution in [0, 0.1) is 41.3 Å². The van der Waals surface area contributed by atoms with Crippen LogP contribution in [0.3, 0.4) is 0 Å². The molecule has 3 aliphatic heterocycles. The van der Waals surface area contributed by atoms with Crippen LogP contribution in [-0.4, -0.2) is 92.1 Å². The normalized spacial score (nSPS) is 26.8. The Labute approximate surface area is 339 Å². The highest BCUT2D eigenvalue weighted by Crippen LogP contribution is 2.81. The number of likely N-dealkylation sites (tertiary alicyclic amines) is 1. The first kappa shape index (κ1) is 37.3. The number of nitrogens with one attached hydrogen (secondary N) is 4. The highest BCUT2D eigenvalue weighted by molar-refractivity contribution is 6.05. The van der Waals surface area contributed by atoms with Crippen molar-refractivity contribution in [1.82, 2.24) is 40.4 Å². The molecule has 4 amide bonds. The summed E-state index contributed by atoms with van der Waals surface area (Å²) in [6, 6.07) is 13.5. The number of H-pyrrole nitrogens is 2. The van der Waals surface area contributed by atoms with Crippen LogP contribution in [-0.2, 0) is 19.1 Å². The minimum Gasteiger partial charge on any atom is -0.453 e. The van der Waals surface area contributed by atoms with E-state index in [1.807, 2.05) is 73.9 Å². The first-order chi connectivity index (χ1) is 28.4. The van der Waals surface area contributed by atoms with Gasteiger partial charge in [-0.3, -0.25) is 9.59 Å². The second-order valence-electron chi connectivity index (χ2n) is 17.6. The Morgan fingerprint density at radius 3 is 2.12 bits per heavy atom. The number of hydrogen-bond acceptors (Lipinski definition) is 8. The van der Waals surface area contributed by atoms with E-state index in [9.17, 15) is 19.2 Å². The van der Waals surface area contributed by atoms with Crippen molar-refractivity contribution in [3.63, 3.8) is 0 Å². The molecule has 59 heavy (non-hydrogen) atoms. The van der Waals surface area contributed by atoms with Crippen LogP contribution in [0.15, 0.2) is 54.7 Å². The number of amides is 4. The third kappa shape index (κ3) is 5.94. The molecule has 10 atom stereocenters. The van der Waals surface area contributed by atoms with Crippen molar-refractivity contribution in [1.29, 1.82) is 0 Å². The van der Waals surface area contributed by atoms with Gasteiger partial charge in [0.25, 0.3) is 0 Å². The fraction of sp³-hybridized carbons (Fsp3) is 0.455. The summed E-state index contributed by atoms with van der Waals surface area (Å²) in [6.45, 7) is 7.59. The lowest BCUT2D eigenvalue weighted by Crippen LogP contribution is -2.52. The third-order valence-electron chi connectivity index (χ3n) is 13.5. The number of carbonyl (C=O) groups is 4. The van der Waals surface area contributed by atoms with Crippen LogP contribution in [0.1, 0.15) is 64.3 Å². The number of fused-ring (bicyclic) bond motifs is 5. The van der Waals surface area contributed by atoms with Crippen LogP contribution in [0.2, 0.25) is 0 Å². The number of ether oxygens (including phenoxy) is 2. The first-order valence-electron chi connectivity index (χ1n) is 20.5. The standard InChI is InChI=1S/C44H47FN8O6/c1-18(2)34(50-43(56)58-5)41(54)52-29-15-23(29)16-30(52)39-47-27-12-9-22-13-20(7-10-24(22)36(27)49-39)21-8-11-25(26(45)14-21)28-17-46-40(48-28)38-33-31-32(33)37(31)53(38)42(55)35(19(3)4)51-44(57)59-6/h7-14,17-19,23,29-35,37-38H,15-16H2,1-6H3,(H,46,48)(H,47,49)(H,50,56)(H,51,57)/t23-,29-,30+,31-,32?,33?,34+,35+,37+,38+/m1/s1. The van der Waals surface area contributed by atoms with E-state index in [2.05, 4.69) is 25.6 Å². The molecule has 6 aliphatic rings. The Bertz CT molecular complexity index is 2560. The number of imidazole rings is 2. The monoisotopic (exact) mass is 802 g/mol. The van der Waals surface area contributed by atoms with E-state index in [-0.39, 0.29) is 47.8 Å². The van der Waals surface area contributed by atoms with Crippen molar-refractivity contribution in [2.75, 3.05) is 14.2 Å². The van der Waals surface area contributed by atoms with Gasteiger partial charge in [-0.1, -0.05) is 52.0 Å². The number of piperidine rings is 2. The molecule has 3 aromatic carbocycles. The molecule has 5 heterocycles. The van der Waals surface area contributed by atoms with E-state index in [0.717, 1.165) is 46.0 Å². The molecule has 306 valence electrons. The molecule has 2 aromatic heterocycles. The molecule has 3 saturated heterocycles. The molecule has 6 fully saturated rings. The molecule has 3 saturated carbocycles. The van der Waals surface area contributed by atoms with Gasteiger partial charge in [0.05, 0.1) is 49.2 Å². The largest absolute Gasteiger partial charge is 0.453 e. The zero-order chi connectivity index (χ0) is 41.2. The summed E-state index contributed by atoms with van der Waals surface area (Å²) in [7, 11) is 2.57. The number of methoxy groups -OCH3 is 2. The lowest BCUT2D eigenvalue weighted by molar-refractivity contribution is -0.137. The summed E-state index contributed by atoms with van der Waals surface area (Å²) in [4.78, 5) is 72.2. The average Bonchev–Trinajstić information content (AvgIpc) is 4.04. The molecule has 0 radical (unpaired) electrons. The zero-order valence-electron chi connectivity index (χ0n) is 33.7. The highest BCUT2D eigenvalue weighted by Gasteiger charge is 2.86. The predicted octanol–water partition coefficient (Wildman–Crippen LogP) is 6.46. The lowest BCUT2D eigenvalue weighted by Gasteiger charge is -2.31. The van der Waals surface area contributed by atoms with Crippen molar-refractivity contribution < 1.29 is 33.0 Å². The fourth-order valence-corrected chi connectivity index (χ4v) is 10.2. The van der Waals surface area contributed by atoms with E-state index in [4.69, 9.17) is 14.5 Å². The highest BCUT2D eigenvalue weighted by atomic mass is 19.1. The van der Waals surface area contributed by atoms with E-state index in [0.29, 0.717) is 46.3 Å². The molecule has 3 aliphatic carbocycles. The van der Waals surface area contributed by atoms with Crippen LogP contribution < -0.4 is 10.6 Å². The average molecular weight is 803 g/mol. The molecule has 5 aromatic rings. The van der Waals surface area contributed by atoms with Crippen LogP contribution in [0.4, 0.5) is 14.0 Å². The number of rotatable bonds is 10. The number of hydrogen-bond donors (Lipinski definition) is 4. The van der Waals surface area contributed by atoms with E-state index >= 15 is 4.39 Å². The number of aromatic nitrogens is 4. The van der Waals surface area contributed by atoms with Gasteiger partial charge in [-0.2, -0.15) is 0 Å². The molecule has 0 spiro atoms. The zero-order valence-corrected chi connectivity index (χ0v) is 33.7. The van der Waals surface area contributed by atoms with Gasteiger partial charge < -0.3 is 39.9 Å². The Balaban J connectivity index is 0.881. The second-order valence-corrected chi connectivity index (χ2v) is 17.6. The summed E-state index contributed by atoms with van der Waals surface area (Å²) in [6.07, 6.45) is 2.10. The van der Waals surface area contributed by atoms with Crippen molar-refractivity contribution in [3.05, 3.63) is 72.2 Å². The quantitative estimate of drug-likeness (QED) is 0.124. The molecular weight excluding hydrogens is 756 g/mol. The smallest absolute Gasteiger partial charge is 0.407 e. The first-order valence-corrected chi connectivity index (χ1v) is 20.5. The summed E-state index contributed by atoms with van der Waals surface area (Å²) < 4.78 is 25.6. The van der Waals surface area contributed by atoms with Crippen LogP contribution in [0.5, 0.6) is 0 Å². The van der Waals surface area contributed by atoms with Gasteiger partial charge in [-0.05, 0) is 89.1 Å². The number of halogens is 1. The molecule has 2 unspecified atom stereocenters. The number of carbonyl (C=O) groups excluding carboxylic acids is 4. The Kier molecular flexibility index (Phi) is 8.55. The molecule has 11 rings (SSSR count). The van der Waals surface area contributed by atoms with E-state index in [1.165, 1.54) is 20.3 Å². The van der Waals surface area contributed by atoms with Crippen LogP contribution >= 0.6 is 0 Å². The van der Waals surface area contributed by atoms with Crippen LogP contribution in [0.25, 0.3) is 44.2 Å². The summed E-state index contributed by atoms with van der Waals surface area (Å²) in [5, 5.41) is 7.35. The van der Waals surface area contributed by atoms with Gasteiger partial charge in [-0.15, -0.1) is 0 Å². The summed E-state index contributed by atoms with van der Waals surface area (Å²) >= 11 is 0. The van der Waals surface area contributed by atoms with Gasteiger partial charge in [-0.25, -0.2) is 23.9 Å². The third-order valence-corrected chi connectivity index (χ3v) is 13.5. The van der Waals surface area contributed by atoms with Crippen molar-refractivity contribution in [2.24, 2.45) is 35.5 Å². The molecular formula is C44H47FN8O6. The fourth-order valence-electron chi connectivity index (χ4n) is 10.2. The maximum absolute atomic E-state index is 16.0. The van der Waals surface area contributed by atoms with Crippen molar-refractivity contribution in [2.45, 2.75) is 76.8 Å². The SMILES string of the molecule is COC(=O)N[C@H](C(=O)N1[C@H](c2ncc(-c3ccc(-c4ccc5c(ccc6nc([C@@H]7C[C@H]8C[C@H]8N7C(=O)[C@@H](NC(=O)OC)C(C)C)[nH]c65)c4)cc3F)[nH]2)C2C3[C@H]2[C@@H]31)C(C)C. The number of benzene rings is 3. The molecule has 15 heteroatoms. The predicted molar refractivity (Wildman–Crippen MR) is 215 cm³/mol. The number of alkyl carbamates (subject to hydrolysis) is 2. The maximum Gasteiger partial charge on any atom is 0.407 e. The number of aromatic amines is 2. The van der Waals surface area contributed by atoms with Gasteiger partial charge in [0, 0.05) is 23.0 Å². The Morgan fingerprint density at radius 1 is 0.797 bits per heavy atom. The summed E-state index contributed by atoms with van der Waals surface area (Å²) in [5.74, 6) is 2.01. The number of nitrogens with zero attached hydrogens (tertiary/aromatic N) is 4. The Morgan fingerprint density at radius 2 is 1.46 bits per heavy atom. The van der Waals surface area contributed by atoms with Gasteiger partial charge in [0.15, 0.2) is 0 Å². The second kappa shape index (κ2) is 13.5. The van der Waals surface area contributed by atoms with Gasteiger partial charge in [0.2, 0.25) is 11.8 Å². The lowest BCUT2D eigenvalue weighted by atomic mass is 9.99. The van der Waals surface area contributed by atoms with E-state index in [1.54, 1.807) is 12.3 Å². The molecule has 4 N–H and O–H groups in total. The van der Waals surface area contributed by atoms with Gasteiger partial charge in [0.1, 0.15) is 29.5 Å². The molecule has 2 bridgehead atoms. The van der Waals surface area contributed by atoms with Crippen molar-refractivity contribution in [3.8, 4) is 22.4 Å². The minimum atomic E-state index is -0.728.